The molecule has 7 heteroatoms. The highest BCUT2D eigenvalue weighted by atomic mass is 32.2. The highest BCUT2D eigenvalue weighted by molar-refractivity contribution is 7.88. The number of aromatic nitrogens is 2. The molecule has 0 unspecified atom stereocenters. The summed E-state index contributed by atoms with van der Waals surface area (Å²) in [6.07, 6.45) is 0. The molecule has 1 aliphatic rings. The number of rotatable bonds is 4. The van der Waals surface area contributed by atoms with E-state index in [2.05, 4.69) is 9.88 Å². The van der Waals surface area contributed by atoms with Gasteiger partial charge in [-0.2, -0.15) is 4.31 Å². The molecule has 1 fully saturated rings. The maximum atomic E-state index is 12.7. The first-order valence-electron chi connectivity index (χ1n) is 9.03. The molecule has 0 N–H and O–H groups in total. The van der Waals surface area contributed by atoms with Gasteiger partial charge in [0.1, 0.15) is 0 Å². The monoisotopic (exact) mass is 382 g/mol. The van der Waals surface area contributed by atoms with Crippen molar-refractivity contribution in [3.05, 3.63) is 65.9 Å². The summed E-state index contributed by atoms with van der Waals surface area (Å²) in [6, 6.07) is 17.1. The van der Waals surface area contributed by atoms with E-state index >= 15 is 0 Å². The first-order valence-corrected chi connectivity index (χ1v) is 10.6. The first kappa shape index (κ1) is 17.9. The molecule has 0 amide bonds. The zero-order valence-electron chi connectivity index (χ0n) is 15.2. The van der Waals surface area contributed by atoms with Crippen LogP contribution in [0.2, 0.25) is 0 Å². The van der Waals surface area contributed by atoms with Gasteiger partial charge in [0, 0.05) is 26.2 Å². The van der Waals surface area contributed by atoms with Crippen molar-refractivity contribution in [3.8, 4) is 0 Å². The van der Waals surface area contributed by atoms with Crippen molar-refractivity contribution in [2.45, 2.75) is 12.7 Å². The number of sulfonamides is 1. The third-order valence-electron chi connectivity index (χ3n) is 4.84. The largest absolute Gasteiger partial charge is 0.352 e. The average Bonchev–Trinajstić information content (AvgIpc) is 2.68. The lowest BCUT2D eigenvalue weighted by atomic mass is 10.2. The Kier molecular flexibility index (Phi) is 4.80. The lowest BCUT2D eigenvalue weighted by molar-refractivity contribution is 0.383. The predicted octanol–water partition coefficient (Wildman–Crippen LogP) is 2.59. The predicted molar refractivity (Wildman–Crippen MR) is 107 cm³/mol. The summed E-state index contributed by atoms with van der Waals surface area (Å²) in [7, 11) is -3.32. The number of piperazine rings is 1. The Morgan fingerprint density at radius 1 is 0.852 bits per heavy atom. The molecule has 0 aliphatic carbocycles. The third-order valence-corrected chi connectivity index (χ3v) is 6.69. The fourth-order valence-corrected chi connectivity index (χ4v) is 4.95. The van der Waals surface area contributed by atoms with E-state index in [1.54, 1.807) is 4.31 Å². The summed E-state index contributed by atoms with van der Waals surface area (Å²) < 4.78 is 27.0. The van der Waals surface area contributed by atoms with Crippen LogP contribution in [0.25, 0.3) is 11.0 Å². The summed E-state index contributed by atoms with van der Waals surface area (Å²) in [5, 5.41) is 0. The van der Waals surface area contributed by atoms with Gasteiger partial charge >= 0.3 is 0 Å². The number of benzene rings is 2. The van der Waals surface area contributed by atoms with Crippen molar-refractivity contribution in [2.24, 2.45) is 0 Å². The molecule has 0 atom stereocenters. The Bertz CT molecular complexity index is 1050. The van der Waals surface area contributed by atoms with Gasteiger partial charge in [-0.1, -0.05) is 42.5 Å². The number of para-hydroxylation sites is 2. The molecule has 27 heavy (non-hydrogen) atoms. The maximum absolute atomic E-state index is 12.7. The molecular formula is C20H22N4O2S. The number of hydrogen-bond acceptors (Lipinski definition) is 5. The van der Waals surface area contributed by atoms with Crippen molar-refractivity contribution >= 4 is 26.9 Å². The Balaban J connectivity index is 1.48. The minimum absolute atomic E-state index is 0.0443. The van der Waals surface area contributed by atoms with Crippen molar-refractivity contribution in [1.29, 1.82) is 0 Å². The first-order chi connectivity index (χ1) is 13.0. The third kappa shape index (κ3) is 3.79. The minimum Gasteiger partial charge on any atom is -0.352 e. The van der Waals surface area contributed by atoms with Crippen molar-refractivity contribution < 1.29 is 8.42 Å². The Morgan fingerprint density at radius 2 is 1.44 bits per heavy atom. The second-order valence-corrected chi connectivity index (χ2v) is 8.72. The van der Waals surface area contributed by atoms with Gasteiger partial charge in [-0.3, -0.25) is 0 Å². The van der Waals surface area contributed by atoms with Crippen LogP contribution in [0.4, 0.5) is 5.82 Å². The number of aryl methyl sites for hydroxylation is 1. The van der Waals surface area contributed by atoms with E-state index in [0.717, 1.165) is 28.1 Å². The summed E-state index contributed by atoms with van der Waals surface area (Å²) >= 11 is 0. The highest BCUT2D eigenvalue weighted by Crippen LogP contribution is 2.22. The number of anilines is 1. The van der Waals surface area contributed by atoms with Crippen LogP contribution in [-0.2, 0) is 15.8 Å². The van der Waals surface area contributed by atoms with E-state index in [1.807, 2.05) is 61.5 Å². The molecule has 0 spiro atoms. The van der Waals surface area contributed by atoms with E-state index in [0.29, 0.717) is 26.2 Å². The molecule has 2 aromatic carbocycles. The number of hydrogen-bond donors (Lipinski definition) is 0. The number of fused-ring (bicyclic) bond motifs is 1. The molecule has 1 aliphatic heterocycles. The van der Waals surface area contributed by atoms with E-state index in [-0.39, 0.29) is 5.75 Å². The molecule has 4 rings (SSSR count). The Hall–Kier alpha value is -2.51. The van der Waals surface area contributed by atoms with Gasteiger partial charge < -0.3 is 4.90 Å². The van der Waals surface area contributed by atoms with Crippen LogP contribution < -0.4 is 4.90 Å². The van der Waals surface area contributed by atoms with E-state index in [4.69, 9.17) is 4.98 Å². The van der Waals surface area contributed by atoms with Gasteiger partial charge in [-0.15, -0.1) is 0 Å². The zero-order valence-corrected chi connectivity index (χ0v) is 16.1. The standard InChI is InChI=1S/C20H22N4O2S/c1-16-20(22-19-10-6-5-9-18(19)21-16)23-11-13-24(14-12-23)27(25,26)15-17-7-3-2-4-8-17/h2-10H,11-15H2,1H3. The number of nitrogens with zero attached hydrogens (tertiary/aromatic N) is 4. The lowest BCUT2D eigenvalue weighted by Gasteiger charge is -2.35. The van der Waals surface area contributed by atoms with Crippen LogP contribution in [0.15, 0.2) is 54.6 Å². The topological polar surface area (TPSA) is 66.4 Å². The van der Waals surface area contributed by atoms with Crippen LogP contribution in [0.1, 0.15) is 11.3 Å². The van der Waals surface area contributed by atoms with Gasteiger partial charge in [0.05, 0.1) is 22.5 Å². The summed E-state index contributed by atoms with van der Waals surface area (Å²) in [5.41, 5.74) is 3.42. The van der Waals surface area contributed by atoms with Crippen LogP contribution in [0, 0.1) is 6.92 Å². The van der Waals surface area contributed by atoms with Crippen molar-refractivity contribution in [3.63, 3.8) is 0 Å². The second-order valence-electron chi connectivity index (χ2n) is 6.75. The fourth-order valence-electron chi connectivity index (χ4n) is 3.43. The fraction of sp³-hybridized carbons (Fsp3) is 0.300. The highest BCUT2D eigenvalue weighted by Gasteiger charge is 2.28. The van der Waals surface area contributed by atoms with Crippen molar-refractivity contribution in [2.75, 3.05) is 31.1 Å². The molecule has 0 radical (unpaired) electrons. The van der Waals surface area contributed by atoms with Crippen LogP contribution >= 0.6 is 0 Å². The summed E-state index contributed by atoms with van der Waals surface area (Å²) in [4.78, 5) is 11.5. The van der Waals surface area contributed by atoms with Crippen molar-refractivity contribution in [1.82, 2.24) is 14.3 Å². The van der Waals surface area contributed by atoms with Crippen LogP contribution in [-0.4, -0.2) is 48.9 Å². The van der Waals surface area contributed by atoms with Gasteiger partial charge in [-0.25, -0.2) is 18.4 Å². The summed E-state index contributed by atoms with van der Waals surface area (Å²) in [5.74, 6) is 0.886. The van der Waals surface area contributed by atoms with E-state index in [1.165, 1.54) is 0 Å². The van der Waals surface area contributed by atoms with Gasteiger partial charge in [0.15, 0.2) is 5.82 Å². The van der Waals surface area contributed by atoms with Gasteiger partial charge in [0.2, 0.25) is 10.0 Å². The molecule has 140 valence electrons. The molecule has 0 bridgehead atoms. The Morgan fingerprint density at radius 3 is 2.11 bits per heavy atom. The van der Waals surface area contributed by atoms with E-state index in [9.17, 15) is 8.42 Å². The molecule has 1 saturated heterocycles. The van der Waals surface area contributed by atoms with Gasteiger partial charge in [0.25, 0.3) is 0 Å². The normalized spacial score (nSPS) is 16.0. The lowest BCUT2D eigenvalue weighted by Crippen LogP contribution is -2.49. The smallest absolute Gasteiger partial charge is 0.218 e. The molecule has 3 aromatic rings. The molecule has 1 aromatic heterocycles. The van der Waals surface area contributed by atoms with Gasteiger partial charge in [-0.05, 0) is 24.6 Å². The Labute approximate surface area is 159 Å². The zero-order chi connectivity index (χ0) is 18.9. The maximum Gasteiger partial charge on any atom is 0.218 e. The van der Waals surface area contributed by atoms with E-state index < -0.39 is 10.0 Å². The second kappa shape index (κ2) is 7.25. The molecular weight excluding hydrogens is 360 g/mol. The molecule has 0 saturated carbocycles. The van der Waals surface area contributed by atoms with Crippen LogP contribution in [0.3, 0.4) is 0 Å². The molecule has 2 heterocycles. The van der Waals surface area contributed by atoms with Crippen LogP contribution in [0.5, 0.6) is 0 Å². The SMILES string of the molecule is Cc1nc2ccccc2nc1N1CCN(S(=O)(=O)Cc2ccccc2)CC1. The quantitative estimate of drug-likeness (QED) is 0.694. The average molecular weight is 382 g/mol. The minimum atomic E-state index is -3.32. The molecule has 6 nitrogen and oxygen atoms in total. The summed E-state index contributed by atoms with van der Waals surface area (Å²) in [6.45, 7) is 4.10.